The minimum absolute atomic E-state index is 0.452. The molecule has 0 fully saturated rings. The highest BCUT2D eigenvalue weighted by molar-refractivity contribution is 6.35. The molecule has 1 heterocycles. The minimum Gasteiger partial charge on any atom is -0.366 e. The minimum atomic E-state index is -0.452. The summed E-state index contributed by atoms with van der Waals surface area (Å²) in [5, 5.41) is 2.89. The van der Waals surface area contributed by atoms with Crippen molar-refractivity contribution in [3.8, 4) is 0 Å². The number of carbonyl (C=O) groups is 1. The normalized spacial score (nSPS) is 11.3. The van der Waals surface area contributed by atoms with E-state index in [2.05, 4.69) is 10.6 Å². The number of amides is 1. The third kappa shape index (κ3) is 2.66. The van der Waals surface area contributed by atoms with Crippen LogP contribution >= 0.6 is 23.2 Å². The van der Waals surface area contributed by atoms with E-state index in [1.165, 1.54) is 0 Å². The Hall–Kier alpha value is -2.49. The molecule has 4 aromatic rings. The molecule has 0 unspecified atom stereocenters. The predicted octanol–water partition coefficient (Wildman–Crippen LogP) is 5.05. The summed E-state index contributed by atoms with van der Waals surface area (Å²) < 4.78 is 2.11. The van der Waals surface area contributed by atoms with Gasteiger partial charge in [-0.2, -0.15) is 0 Å². The third-order valence-corrected chi connectivity index (χ3v) is 4.90. The van der Waals surface area contributed by atoms with Gasteiger partial charge in [0.1, 0.15) is 0 Å². The lowest BCUT2D eigenvalue weighted by Crippen LogP contribution is -2.11. The first-order chi connectivity index (χ1) is 12.1. The number of fused-ring (bicyclic) bond motifs is 3. The van der Waals surface area contributed by atoms with Gasteiger partial charge in [-0.05, 0) is 42.0 Å². The summed E-state index contributed by atoms with van der Waals surface area (Å²) in [7, 11) is 0. The number of rotatable bonds is 3. The van der Waals surface area contributed by atoms with Crippen molar-refractivity contribution >= 4 is 50.9 Å². The Morgan fingerprint density at radius 1 is 1.08 bits per heavy atom. The molecule has 0 spiro atoms. The number of halogens is 2. The lowest BCUT2D eigenvalue weighted by Gasteiger charge is -2.10. The van der Waals surface area contributed by atoms with E-state index in [9.17, 15) is 4.79 Å². The van der Waals surface area contributed by atoms with E-state index in [4.69, 9.17) is 28.9 Å². The fraction of sp³-hybridized carbons (Fsp3) is 0.0500. The summed E-state index contributed by atoms with van der Waals surface area (Å²) in [6.45, 7) is 0.552. The van der Waals surface area contributed by atoms with Gasteiger partial charge in [0.05, 0.1) is 11.0 Å². The molecule has 0 bridgehead atoms. The van der Waals surface area contributed by atoms with E-state index in [1.54, 1.807) is 12.1 Å². The molecule has 0 saturated heterocycles. The average molecular weight is 368 g/mol. The topological polar surface area (TPSA) is 48.0 Å². The maximum absolute atomic E-state index is 11.9. The molecule has 0 atom stereocenters. The van der Waals surface area contributed by atoms with Crippen LogP contribution in [-0.4, -0.2) is 10.5 Å². The number of hydrogen-bond donors (Lipinski definition) is 1. The van der Waals surface area contributed by atoms with Gasteiger partial charge in [0.25, 0.3) is 0 Å². The Bertz CT molecular complexity index is 1130. The SMILES string of the molecule is NC(=O)c1cccc2c1c1[c]cccc1n2Cc1ccc(Cl)cc1Cl. The zero-order valence-corrected chi connectivity index (χ0v) is 14.6. The molecule has 0 aliphatic carbocycles. The number of aromatic nitrogens is 1. The number of benzene rings is 3. The van der Waals surface area contributed by atoms with Crippen molar-refractivity contribution in [2.45, 2.75) is 6.54 Å². The molecule has 3 aromatic carbocycles. The summed E-state index contributed by atoms with van der Waals surface area (Å²) in [6.07, 6.45) is 0. The van der Waals surface area contributed by atoms with Crippen molar-refractivity contribution in [3.63, 3.8) is 0 Å². The maximum atomic E-state index is 11.9. The Kier molecular flexibility index (Phi) is 3.91. The van der Waals surface area contributed by atoms with Gasteiger partial charge in [-0.3, -0.25) is 4.79 Å². The maximum Gasteiger partial charge on any atom is 0.249 e. The second kappa shape index (κ2) is 6.10. The molecule has 3 nitrogen and oxygen atoms in total. The van der Waals surface area contributed by atoms with Crippen LogP contribution in [-0.2, 0) is 6.54 Å². The van der Waals surface area contributed by atoms with Crippen molar-refractivity contribution in [2.75, 3.05) is 0 Å². The summed E-state index contributed by atoms with van der Waals surface area (Å²) in [4.78, 5) is 11.9. The number of hydrogen-bond acceptors (Lipinski definition) is 1. The van der Waals surface area contributed by atoms with Crippen LogP contribution in [0.25, 0.3) is 21.8 Å². The van der Waals surface area contributed by atoms with Crippen LogP contribution in [0.15, 0.2) is 54.6 Å². The van der Waals surface area contributed by atoms with Crippen LogP contribution < -0.4 is 5.73 Å². The van der Waals surface area contributed by atoms with Crippen LogP contribution in [0.2, 0.25) is 10.0 Å². The average Bonchev–Trinajstić information content (AvgIpc) is 2.91. The Balaban J connectivity index is 2.02. The molecule has 1 amide bonds. The molecule has 1 aromatic heterocycles. The fourth-order valence-corrected chi connectivity index (χ4v) is 3.67. The quantitative estimate of drug-likeness (QED) is 0.541. The van der Waals surface area contributed by atoms with Gasteiger partial charge in [0.15, 0.2) is 0 Å². The van der Waals surface area contributed by atoms with Crippen molar-refractivity contribution in [2.24, 2.45) is 5.73 Å². The lowest BCUT2D eigenvalue weighted by atomic mass is 10.1. The Morgan fingerprint density at radius 2 is 1.88 bits per heavy atom. The van der Waals surface area contributed by atoms with Gasteiger partial charge in [-0.25, -0.2) is 0 Å². The number of nitrogens with two attached hydrogens (primary N) is 1. The van der Waals surface area contributed by atoms with E-state index < -0.39 is 5.91 Å². The molecule has 5 heteroatoms. The summed E-state index contributed by atoms with van der Waals surface area (Å²) >= 11 is 12.3. The van der Waals surface area contributed by atoms with E-state index in [-0.39, 0.29) is 0 Å². The van der Waals surface area contributed by atoms with Gasteiger partial charge in [-0.15, -0.1) is 0 Å². The first kappa shape index (κ1) is 16.0. The second-order valence-corrected chi connectivity index (χ2v) is 6.66. The van der Waals surface area contributed by atoms with Gasteiger partial charge in [0.2, 0.25) is 5.91 Å². The standard InChI is InChI=1S/C20H13Cl2N2O/c21-13-9-8-12(16(22)10-13)11-24-17-6-2-1-4-14(17)19-15(20(23)25)5-3-7-18(19)24/h1-3,5-10H,11H2,(H2,23,25). The smallest absolute Gasteiger partial charge is 0.249 e. The van der Waals surface area contributed by atoms with Crippen molar-refractivity contribution in [3.05, 3.63) is 81.8 Å². The van der Waals surface area contributed by atoms with Crippen LogP contribution in [0, 0.1) is 6.07 Å². The second-order valence-electron chi connectivity index (χ2n) is 5.82. The zero-order valence-electron chi connectivity index (χ0n) is 13.1. The van der Waals surface area contributed by atoms with E-state index in [0.717, 1.165) is 27.4 Å². The molecule has 25 heavy (non-hydrogen) atoms. The van der Waals surface area contributed by atoms with Crippen molar-refractivity contribution < 1.29 is 4.79 Å². The van der Waals surface area contributed by atoms with Gasteiger partial charge < -0.3 is 10.3 Å². The fourth-order valence-electron chi connectivity index (χ4n) is 3.21. The first-order valence-electron chi connectivity index (χ1n) is 7.71. The molecule has 0 aliphatic heterocycles. The molecular weight excluding hydrogens is 355 g/mol. The van der Waals surface area contributed by atoms with Gasteiger partial charge >= 0.3 is 0 Å². The number of nitrogens with zero attached hydrogens (tertiary/aromatic N) is 1. The molecule has 123 valence electrons. The molecular formula is C20H13Cl2N2O. The number of carbonyl (C=O) groups excluding carboxylic acids is 1. The molecule has 4 rings (SSSR count). The van der Waals surface area contributed by atoms with Gasteiger partial charge in [0, 0.05) is 32.9 Å². The number of primary amides is 1. The van der Waals surface area contributed by atoms with Crippen LogP contribution in [0.4, 0.5) is 0 Å². The highest BCUT2D eigenvalue weighted by Gasteiger charge is 2.16. The molecule has 2 N–H and O–H groups in total. The zero-order chi connectivity index (χ0) is 17.6. The van der Waals surface area contributed by atoms with Crippen molar-refractivity contribution in [1.82, 2.24) is 4.57 Å². The summed E-state index contributed by atoms with van der Waals surface area (Å²) in [5.41, 5.74) is 8.90. The molecule has 0 saturated carbocycles. The molecule has 1 radical (unpaired) electrons. The lowest BCUT2D eigenvalue weighted by molar-refractivity contribution is 0.100. The largest absolute Gasteiger partial charge is 0.366 e. The first-order valence-corrected chi connectivity index (χ1v) is 8.47. The molecule has 0 aliphatic rings. The third-order valence-electron chi connectivity index (χ3n) is 4.32. The Morgan fingerprint density at radius 3 is 2.64 bits per heavy atom. The van der Waals surface area contributed by atoms with Gasteiger partial charge in [-0.1, -0.05) is 47.5 Å². The van der Waals surface area contributed by atoms with E-state index >= 15 is 0 Å². The Labute approximate surface area is 154 Å². The summed E-state index contributed by atoms with van der Waals surface area (Å²) in [6, 6.07) is 20.0. The van der Waals surface area contributed by atoms with E-state index in [1.807, 2.05) is 42.5 Å². The van der Waals surface area contributed by atoms with Crippen molar-refractivity contribution in [1.29, 1.82) is 0 Å². The highest BCUT2D eigenvalue weighted by Crippen LogP contribution is 2.33. The van der Waals surface area contributed by atoms with E-state index in [0.29, 0.717) is 22.2 Å². The highest BCUT2D eigenvalue weighted by atomic mass is 35.5. The van der Waals surface area contributed by atoms with Crippen LogP contribution in [0.1, 0.15) is 15.9 Å². The summed E-state index contributed by atoms with van der Waals surface area (Å²) in [5.74, 6) is -0.452. The van der Waals surface area contributed by atoms with Crippen LogP contribution in [0.5, 0.6) is 0 Å². The predicted molar refractivity (Wildman–Crippen MR) is 102 cm³/mol. The van der Waals surface area contributed by atoms with Crippen LogP contribution in [0.3, 0.4) is 0 Å². The monoisotopic (exact) mass is 367 g/mol.